The number of phosphoric acid groups is 1. The van der Waals surface area contributed by atoms with Gasteiger partial charge in [0.1, 0.15) is 13.2 Å². The largest absolute Gasteiger partial charge is 0.472 e. The van der Waals surface area contributed by atoms with Crippen molar-refractivity contribution in [3.63, 3.8) is 0 Å². The monoisotopic (exact) mass is 976 g/mol. The molecule has 0 aromatic carbocycles. The van der Waals surface area contributed by atoms with Gasteiger partial charge in [0.05, 0.1) is 39.9 Å². The minimum Gasteiger partial charge on any atom is -0.387 e. The van der Waals surface area contributed by atoms with Gasteiger partial charge in [0, 0.05) is 6.42 Å². The number of aliphatic hydroxyl groups excluding tert-OH is 1. The summed E-state index contributed by atoms with van der Waals surface area (Å²) in [4.78, 5) is 23.2. The lowest BCUT2D eigenvalue weighted by Gasteiger charge is -2.25. The maximum Gasteiger partial charge on any atom is 0.472 e. The number of carbonyl (C=O) groups excluding carboxylic acids is 1. The molecular weight excluding hydrogens is 864 g/mol. The topological polar surface area (TPSA) is 105 Å². The second kappa shape index (κ2) is 50.2. The predicted octanol–water partition coefficient (Wildman–Crippen LogP) is 17.3. The summed E-state index contributed by atoms with van der Waals surface area (Å²) < 4.78 is 23.6. The number of carbonyl (C=O) groups is 1. The standard InChI is InChI=1S/C59H111N2O6P/c1-6-8-10-12-14-16-18-20-22-23-24-25-26-27-28-29-30-31-32-33-34-35-36-37-39-40-42-44-46-48-50-52-58(62)57(56-67-68(64,65)66-55-54-61(3,4)5)60-59(63)53-51-49-47-45-43-41-38-21-19-17-15-13-11-9-7-2/h9,11,15,17,21,38,42,44,50,52,57-58,62H,6-8,10,12-14,16,18-20,22-37,39-41,43,45-49,51,53-56H2,1-5H3,(H-,60,63,64,65)/p+1/b11-9-,17-15-,38-21-,44-42+,52-50+. The molecule has 0 saturated carbocycles. The van der Waals surface area contributed by atoms with Crippen LogP contribution in [0.4, 0.5) is 0 Å². The van der Waals surface area contributed by atoms with Crippen LogP contribution in [0.1, 0.15) is 258 Å². The van der Waals surface area contributed by atoms with E-state index >= 15 is 0 Å². The van der Waals surface area contributed by atoms with Crippen LogP contribution in [0, 0.1) is 0 Å². The Bertz CT molecular complexity index is 1290. The van der Waals surface area contributed by atoms with Crippen molar-refractivity contribution in [3.8, 4) is 0 Å². The van der Waals surface area contributed by atoms with Gasteiger partial charge in [0.15, 0.2) is 0 Å². The zero-order valence-corrected chi connectivity index (χ0v) is 46.2. The summed E-state index contributed by atoms with van der Waals surface area (Å²) in [6, 6.07) is -0.875. The molecule has 0 fully saturated rings. The van der Waals surface area contributed by atoms with E-state index in [1.807, 2.05) is 27.2 Å². The normalized spacial score (nSPS) is 14.4. The van der Waals surface area contributed by atoms with E-state index in [1.54, 1.807) is 6.08 Å². The summed E-state index contributed by atoms with van der Waals surface area (Å²) >= 11 is 0. The number of amides is 1. The molecule has 0 radical (unpaired) electrons. The molecule has 1 amide bonds. The van der Waals surface area contributed by atoms with Crippen molar-refractivity contribution in [3.05, 3.63) is 60.8 Å². The zero-order chi connectivity index (χ0) is 49.9. The highest BCUT2D eigenvalue weighted by molar-refractivity contribution is 7.47. The van der Waals surface area contributed by atoms with E-state index < -0.39 is 20.0 Å². The Morgan fingerprint density at radius 2 is 0.897 bits per heavy atom. The van der Waals surface area contributed by atoms with Gasteiger partial charge in [-0.25, -0.2) is 4.57 Å². The molecule has 8 nitrogen and oxygen atoms in total. The average molecular weight is 977 g/mol. The molecule has 3 N–H and O–H groups in total. The van der Waals surface area contributed by atoms with Crippen molar-refractivity contribution >= 4 is 13.7 Å². The predicted molar refractivity (Wildman–Crippen MR) is 295 cm³/mol. The highest BCUT2D eigenvalue weighted by Gasteiger charge is 2.27. The SMILES string of the molecule is CC/C=C\C/C=C\C/C=C\CCCCCCCC(=O)NC(COP(=O)(O)OCC[N+](C)(C)C)C(O)/C=C/CC/C=C/CCCCCCCCCCCCCCCCCCCCCCCCCCC. The summed E-state index contributed by atoms with van der Waals surface area (Å²) in [6.07, 6.45) is 67.8. The molecule has 0 saturated heterocycles. The minimum absolute atomic E-state index is 0.0504. The van der Waals surface area contributed by atoms with Gasteiger partial charge in [0.25, 0.3) is 0 Å². The Kier molecular flexibility index (Phi) is 48.8. The molecule has 398 valence electrons. The van der Waals surface area contributed by atoms with Gasteiger partial charge < -0.3 is 19.8 Å². The van der Waals surface area contributed by atoms with Gasteiger partial charge in [-0.1, -0.05) is 248 Å². The zero-order valence-electron chi connectivity index (χ0n) is 45.3. The molecule has 0 spiro atoms. The molecule has 0 heterocycles. The summed E-state index contributed by atoms with van der Waals surface area (Å²) in [5.74, 6) is -0.204. The van der Waals surface area contributed by atoms with Crippen molar-refractivity contribution in [2.75, 3.05) is 40.9 Å². The lowest BCUT2D eigenvalue weighted by atomic mass is 10.0. The Morgan fingerprint density at radius 1 is 0.515 bits per heavy atom. The van der Waals surface area contributed by atoms with E-state index in [0.717, 1.165) is 77.0 Å². The van der Waals surface area contributed by atoms with Crippen LogP contribution in [0.25, 0.3) is 0 Å². The number of likely N-dealkylation sites (N-methyl/N-ethyl adjacent to an activating group) is 1. The van der Waals surface area contributed by atoms with Gasteiger partial charge in [-0.15, -0.1) is 0 Å². The third-order valence-electron chi connectivity index (χ3n) is 12.7. The smallest absolute Gasteiger partial charge is 0.387 e. The number of hydrogen-bond acceptors (Lipinski definition) is 5. The quantitative estimate of drug-likeness (QED) is 0.0243. The van der Waals surface area contributed by atoms with Crippen molar-refractivity contribution < 1.29 is 32.9 Å². The maximum absolute atomic E-state index is 12.9. The van der Waals surface area contributed by atoms with Gasteiger partial charge in [-0.05, 0) is 64.2 Å². The van der Waals surface area contributed by atoms with Crippen LogP contribution in [0.2, 0.25) is 0 Å². The highest BCUT2D eigenvalue weighted by atomic mass is 31.2. The van der Waals surface area contributed by atoms with Crippen LogP contribution in [0.3, 0.4) is 0 Å². The molecule has 0 aliphatic heterocycles. The molecule has 0 aliphatic carbocycles. The molecule has 3 unspecified atom stereocenters. The first kappa shape index (κ1) is 66.2. The Hall–Kier alpha value is -1.80. The van der Waals surface area contributed by atoms with Crippen molar-refractivity contribution in [1.82, 2.24) is 5.32 Å². The summed E-state index contributed by atoms with van der Waals surface area (Å²) in [6.45, 7) is 4.68. The summed E-state index contributed by atoms with van der Waals surface area (Å²) in [7, 11) is 1.54. The third-order valence-corrected chi connectivity index (χ3v) is 13.7. The van der Waals surface area contributed by atoms with Crippen molar-refractivity contribution in [2.24, 2.45) is 0 Å². The van der Waals surface area contributed by atoms with Crippen LogP contribution in [-0.2, 0) is 18.4 Å². The number of nitrogens with zero attached hydrogens (tertiary/aromatic N) is 1. The molecule has 0 aromatic rings. The molecule has 0 aliphatic rings. The minimum atomic E-state index is -4.36. The van der Waals surface area contributed by atoms with Crippen molar-refractivity contribution in [1.29, 1.82) is 0 Å². The number of rotatable bonds is 52. The Labute approximate surface area is 422 Å². The Morgan fingerprint density at radius 3 is 1.35 bits per heavy atom. The van der Waals surface area contributed by atoms with E-state index in [2.05, 4.69) is 67.8 Å². The van der Waals surface area contributed by atoms with Crippen LogP contribution < -0.4 is 5.32 Å². The second-order valence-electron chi connectivity index (χ2n) is 20.6. The molecule has 0 bridgehead atoms. The fourth-order valence-electron chi connectivity index (χ4n) is 8.25. The van der Waals surface area contributed by atoms with Crippen LogP contribution in [-0.4, -0.2) is 73.4 Å². The summed E-state index contributed by atoms with van der Waals surface area (Å²) in [5, 5.41) is 13.9. The van der Waals surface area contributed by atoms with Gasteiger partial charge in [0.2, 0.25) is 5.91 Å². The maximum atomic E-state index is 12.9. The first-order valence-corrected chi connectivity index (χ1v) is 30.2. The molecule has 9 heteroatoms. The lowest BCUT2D eigenvalue weighted by molar-refractivity contribution is -0.870. The van der Waals surface area contributed by atoms with E-state index in [1.165, 1.54) is 161 Å². The number of unbranched alkanes of at least 4 members (excludes halogenated alkanes) is 31. The van der Waals surface area contributed by atoms with Gasteiger partial charge in [-0.3, -0.25) is 13.8 Å². The first-order chi connectivity index (χ1) is 33.0. The fraction of sp³-hybridized carbons (Fsp3) is 0.814. The number of allylic oxidation sites excluding steroid dienone is 9. The van der Waals surface area contributed by atoms with Crippen molar-refractivity contribution in [2.45, 2.75) is 270 Å². The second-order valence-corrected chi connectivity index (χ2v) is 22.1. The highest BCUT2D eigenvalue weighted by Crippen LogP contribution is 2.43. The van der Waals surface area contributed by atoms with Gasteiger partial charge in [-0.2, -0.15) is 0 Å². The first-order valence-electron chi connectivity index (χ1n) is 28.7. The average Bonchev–Trinajstić information content (AvgIpc) is 3.30. The number of nitrogens with one attached hydrogen (secondary N) is 1. The number of phosphoric ester groups is 1. The summed E-state index contributed by atoms with van der Waals surface area (Å²) in [5.41, 5.74) is 0. The molecule has 0 aromatic heterocycles. The van der Waals surface area contributed by atoms with E-state index in [0.29, 0.717) is 17.4 Å². The van der Waals surface area contributed by atoms with Crippen LogP contribution >= 0.6 is 7.82 Å². The molecular formula is C59H112N2O6P+. The third kappa shape index (κ3) is 52.0. The molecule has 3 atom stereocenters. The number of quaternary nitrogens is 1. The van der Waals surface area contributed by atoms with E-state index in [-0.39, 0.29) is 19.1 Å². The lowest BCUT2D eigenvalue weighted by Crippen LogP contribution is -2.45. The fourth-order valence-corrected chi connectivity index (χ4v) is 8.99. The van der Waals surface area contributed by atoms with Crippen LogP contribution in [0.5, 0.6) is 0 Å². The van der Waals surface area contributed by atoms with Gasteiger partial charge >= 0.3 is 7.82 Å². The van der Waals surface area contributed by atoms with Crippen LogP contribution in [0.15, 0.2) is 60.8 Å². The number of hydrogen-bond donors (Lipinski definition) is 3. The Balaban J connectivity index is 4.17. The van der Waals surface area contributed by atoms with E-state index in [4.69, 9.17) is 9.05 Å². The number of aliphatic hydroxyl groups is 1. The molecule has 68 heavy (non-hydrogen) atoms. The molecule has 0 rings (SSSR count). The van der Waals surface area contributed by atoms with E-state index in [9.17, 15) is 19.4 Å².